The Kier molecular flexibility index (Phi) is 4.10. The van der Waals surface area contributed by atoms with Gasteiger partial charge in [-0.25, -0.2) is 9.38 Å². The van der Waals surface area contributed by atoms with Gasteiger partial charge in [0.1, 0.15) is 5.82 Å². The van der Waals surface area contributed by atoms with Crippen LogP contribution in [0.25, 0.3) is 22.0 Å². The number of fused-ring (bicyclic) bond motifs is 2. The second-order valence-corrected chi connectivity index (χ2v) is 7.09. The Morgan fingerprint density at radius 3 is 2.43 bits per heavy atom. The summed E-state index contributed by atoms with van der Waals surface area (Å²) in [6.45, 7) is 0. The lowest BCUT2D eigenvalue weighted by molar-refractivity contribution is -0.342. The Morgan fingerprint density at radius 2 is 1.67 bits per heavy atom. The van der Waals surface area contributed by atoms with E-state index in [0.29, 0.717) is 11.1 Å². The average Bonchev–Trinajstić information content (AvgIpc) is 3.33. The molecule has 1 aromatic heterocycles. The highest BCUT2D eigenvalue weighted by Crippen LogP contribution is 2.38. The molecular formula is C24H15F4N2+. The number of rotatable bonds is 2. The van der Waals surface area contributed by atoms with Crippen molar-refractivity contribution < 1.29 is 22.6 Å². The summed E-state index contributed by atoms with van der Waals surface area (Å²) in [7, 11) is 0. The summed E-state index contributed by atoms with van der Waals surface area (Å²) in [4.78, 5) is 6.30. The number of aromatic nitrogens is 1. The molecule has 0 radical (unpaired) electrons. The molecule has 0 aliphatic carbocycles. The molecule has 1 aliphatic heterocycles. The van der Waals surface area contributed by atoms with E-state index < -0.39 is 11.7 Å². The second-order valence-electron chi connectivity index (χ2n) is 7.09. The Balaban J connectivity index is 1.78. The third-order valence-electron chi connectivity index (χ3n) is 5.27. The van der Waals surface area contributed by atoms with Crippen LogP contribution < -0.4 is 4.99 Å². The lowest BCUT2D eigenvalue weighted by atomic mass is 9.89. The number of alkyl halides is 3. The van der Waals surface area contributed by atoms with E-state index in [1.807, 2.05) is 30.5 Å². The standard InChI is InChI=1S/C24H14F4N2/c25-16-9-10-18-20(13-30-22(18)11-16)23(14-5-7-15(8-6-14)24(26,27)28)19-12-29-21-4-2-1-3-17(19)21/h1-13,30H/p+1. The molecule has 0 amide bonds. The first-order valence-corrected chi connectivity index (χ1v) is 9.30. The van der Waals surface area contributed by atoms with Crippen molar-refractivity contribution >= 4 is 34.0 Å². The fraction of sp³-hybridized carbons (Fsp3) is 0.0417. The van der Waals surface area contributed by atoms with Gasteiger partial charge in [-0.3, -0.25) is 0 Å². The number of para-hydroxylation sites is 1. The lowest BCUT2D eigenvalue weighted by Crippen LogP contribution is -2.58. The van der Waals surface area contributed by atoms with Crippen molar-refractivity contribution in [3.8, 4) is 0 Å². The number of benzene rings is 3. The normalized spacial score (nSPS) is 14.9. The maximum Gasteiger partial charge on any atom is 0.416 e. The molecule has 0 atom stereocenters. The molecule has 0 saturated carbocycles. The zero-order valence-corrected chi connectivity index (χ0v) is 15.5. The smallest absolute Gasteiger partial charge is 0.360 e. The topological polar surface area (TPSA) is 29.8 Å². The highest BCUT2D eigenvalue weighted by molar-refractivity contribution is 6.24. The van der Waals surface area contributed by atoms with Crippen molar-refractivity contribution in [1.82, 2.24) is 4.98 Å². The number of aromatic amines is 1. The van der Waals surface area contributed by atoms with E-state index >= 15 is 0 Å². The van der Waals surface area contributed by atoms with Gasteiger partial charge >= 0.3 is 6.18 Å². The molecule has 0 saturated heterocycles. The minimum absolute atomic E-state index is 0.362. The summed E-state index contributed by atoms with van der Waals surface area (Å²) in [5.74, 6) is -0.362. The summed E-state index contributed by atoms with van der Waals surface area (Å²) < 4.78 is 52.9. The molecule has 6 heteroatoms. The average molecular weight is 407 g/mol. The predicted molar refractivity (Wildman–Crippen MR) is 109 cm³/mol. The van der Waals surface area contributed by atoms with Gasteiger partial charge in [0.2, 0.25) is 5.69 Å². The van der Waals surface area contributed by atoms with Gasteiger partial charge < -0.3 is 4.98 Å². The van der Waals surface area contributed by atoms with Crippen molar-refractivity contribution in [1.29, 1.82) is 0 Å². The van der Waals surface area contributed by atoms with Gasteiger partial charge in [0.25, 0.3) is 0 Å². The van der Waals surface area contributed by atoms with Gasteiger partial charge in [-0.2, -0.15) is 13.2 Å². The number of hydrogen-bond acceptors (Lipinski definition) is 0. The van der Waals surface area contributed by atoms with Crippen molar-refractivity contribution in [2.45, 2.75) is 6.18 Å². The van der Waals surface area contributed by atoms with E-state index in [0.717, 1.165) is 45.5 Å². The lowest BCUT2D eigenvalue weighted by Gasteiger charge is -2.12. The largest absolute Gasteiger partial charge is 0.416 e. The number of H-pyrrole nitrogens is 1. The Labute approximate surface area is 169 Å². The van der Waals surface area contributed by atoms with Crippen LogP contribution in [0.2, 0.25) is 0 Å². The summed E-state index contributed by atoms with van der Waals surface area (Å²) in [5.41, 5.74) is 4.83. The molecule has 0 spiro atoms. The highest BCUT2D eigenvalue weighted by Gasteiger charge is 2.31. The summed E-state index contributed by atoms with van der Waals surface area (Å²) in [6.07, 6.45) is -0.795. The van der Waals surface area contributed by atoms with Crippen molar-refractivity contribution in [2.75, 3.05) is 0 Å². The molecule has 30 heavy (non-hydrogen) atoms. The van der Waals surface area contributed by atoms with E-state index in [4.69, 9.17) is 0 Å². The molecule has 2 nitrogen and oxygen atoms in total. The molecule has 0 fully saturated rings. The van der Waals surface area contributed by atoms with Crippen LogP contribution in [0.15, 0.2) is 72.9 Å². The third-order valence-corrected chi connectivity index (χ3v) is 5.27. The van der Waals surface area contributed by atoms with E-state index in [1.54, 1.807) is 12.3 Å². The van der Waals surface area contributed by atoms with Gasteiger partial charge in [0, 0.05) is 34.3 Å². The van der Waals surface area contributed by atoms with Crippen LogP contribution in [0.3, 0.4) is 0 Å². The maximum absolute atomic E-state index is 13.7. The molecular weight excluding hydrogens is 392 g/mol. The van der Waals surface area contributed by atoms with Crippen LogP contribution in [-0.4, -0.2) is 11.2 Å². The SMILES string of the molecule is Fc1ccc2c(C(=C3C=[NH+]c4ccccc43)c3ccc(C(F)(F)F)cc3)c[nH]c2c1. The summed E-state index contributed by atoms with van der Waals surface area (Å²) in [6, 6.07) is 17.3. The quantitative estimate of drug-likeness (QED) is 0.434. The van der Waals surface area contributed by atoms with Gasteiger partial charge in [0.05, 0.1) is 16.7 Å². The molecule has 1 aliphatic rings. The van der Waals surface area contributed by atoms with E-state index in [9.17, 15) is 17.6 Å². The van der Waals surface area contributed by atoms with E-state index in [2.05, 4.69) is 9.98 Å². The monoisotopic (exact) mass is 407 g/mol. The van der Waals surface area contributed by atoms with Crippen LogP contribution in [0.5, 0.6) is 0 Å². The number of nitrogens with one attached hydrogen (secondary N) is 2. The van der Waals surface area contributed by atoms with Gasteiger partial charge in [-0.15, -0.1) is 0 Å². The van der Waals surface area contributed by atoms with Gasteiger partial charge in [-0.05, 0) is 42.0 Å². The minimum atomic E-state index is -4.40. The molecule has 4 aromatic rings. The molecule has 0 unspecified atom stereocenters. The maximum atomic E-state index is 13.7. The Hall–Kier alpha value is -3.67. The Morgan fingerprint density at radius 1 is 0.900 bits per heavy atom. The van der Waals surface area contributed by atoms with Gasteiger partial charge in [-0.1, -0.05) is 24.3 Å². The van der Waals surface area contributed by atoms with Crippen LogP contribution >= 0.6 is 0 Å². The minimum Gasteiger partial charge on any atom is -0.360 e. The van der Waals surface area contributed by atoms with E-state index in [-0.39, 0.29) is 5.82 Å². The van der Waals surface area contributed by atoms with Crippen LogP contribution in [-0.2, 0) is 6.18 Å². The van der Waals surface area contributed by atoms with Crippen LogP contribution in [0, 0.1) is 5.82 Å². The van der Waals surface area contributed by atoms with Crippen molar-refractivity contribution in [3.63, 3.8) is 0 Å². The highest BCUT2D eigenvalue weighted by atomic mass is 19.4. The fourth-order valence-corrected chi connectivity index (χ4v) is 3.87. The van der Waals surface area contributed by atoms with Gasteiger partial charge in [0.15, 0.2) is 6.21 Å². The molecule has 0 bridgehead atoms. The molecule has 2 N–H and O–H groups in total. The zero-order valence-electron chi connectivity index (χ0n) is 15.5. The number of halogens is 4. The van der Waals surface area contributed by atoms with Crippen LogP contribution in [0.1, 0.15) is 22.3 Å². The zero-order chi connectivity index (χ0) is 20.9. The van der Waals surface area contributed by atoms with Crippen LogP contribution in [0.4, 0.5) is 23.2 Å². The molecule has 2 heterocycles. The predicted octanol–water partition coefficient (Wildman–Crippen LogP) is 5.08. The van der Waals surface area contributed by atoms with Crippen molar-refractivity contribution in [2.24, 2.45) is 0 Å². The fourth-order valence-electron chi connectivity index (χ4n) is 3.87. The molecule has 3 aromatic carbocycles. The number of hydrogen-bond donors (Lipinski definition) is 2. The first-order chi connectivity index (χ1) is 14.4. The summed E-state index contributed by atoms with van der Waals surface area (Å²) in [5, 5.41) is 0.788. The number of allylic oxidation sites excluding steroid dienone is 1. The van der Waals surface area contributed by atoms with Crippen molar-refractivity contribution in [3.05, 3.63) is 101 Å². The second kappa shape index (κ2) is 6.69. The Bertz CT molecular complexity index is 1330. The molecule has 148 valence electrons. The first-order valence-electron chi connectivity index (χ1n) is 9.30. The third kappa shape index (κ3) is 3.01. The molecule has 5 rings (SSSR count). The summed E-state index contributed by atoms with van der Waals surface area (Å²) >= 11 is 0. The van der Waals surface area contributed by atoms with E-state index in [1.165, 1.54) is 24.3 Å². The first kappa shape index (κ1) is 18.4.